The number of nitrogens with one attached hydrogen (secondary N) is 2. The number of nitrogens with zero attached hydrogens (tertiary/aromatic N) is 2. The Kier molecular flexibility index (Phi) is 12.6. The monoisotopic (exact) mass is 512 g/mol. The van der Waals surface area contributed by atoms with E-state index in [0.29, 0.717) is 32.2 Å². The molecule has 4 amide bonds. The molecule has 4 atom stereocenters. The summed E-state index contributed by atoms with van der Waals surface area (Å²) in [5, 5.41) is 14.4. The lowest BCUT2D eigenvalue weighted by atomic mass is 10.0. The molecule has 1 rings (SSSR count). The van der Waals surface area contributed by atoms with Gasteiger partial charge in [-0.05, 0) is 44.4 Å². The number of aliphatic imine (C=N–C) groups is 1. The Morgan fingerprint density at radius 1 is 1.06 bits per heavy atom. The van der Waals surface area contributed by atoms with Crippen molar-refractivity contribution in [1.82, 2.24) is 15.5 Å². The predicted molar refractivity (Wildman–Crippen MR) is 132 cm³/mol. The largest absolute Gasteiger partial charge is 0.480 e. The highest BCUT2D eigenvalue weighted by Crippen LogP contribution is 2.20. The number of hydrogen-bond donors (Lipinski definition) is 7. The van der Waals surface area contributed by atoms with Gasteiger partial charge in [0.1, 0.15) is 18.1 Å². The second-order valence-electron chi connectivity index (χ2n) is 9.34. The number of aliphatic carboxylic acids is 1. The van der Waals surface area contributed by atoms with Gasteiger partial charge in [-0.1, -0.05) is 13.8 Å². The van der Waals surface area contributed by atoms with Crippen molar-refractivity contribution in [3.8, 4) is 0 Å². The van der Waals surface area contributed by atoms with E-state index in [1.807, 2.05) is 13.8 Å². The Labute approximate surface area is 210 Å². The number of hydrogen-bond acceptors (Lipinski definition) is 7. The van der Waals surface area contributed by atoms with Crippen molar-refractivity contribution in [3.05, 3.63) is 0 Å². The fraction of sp³-hybridized carbons (Fsp3) is 0.727. The number of carboxylic acid groups (broad SMARTS) is 1. The van der Waals surface area contributed by atoms with Gasteiger partial charge >= 0.3 is 5.97 Å². The van der Waals surface area contributed by atoms with E-state index in [2.05, 4.69) is 15.6 Å². The van der Waals surface area contributed by atoms with Crippen LogP contribution in [0.4, 0.5) is 0 Å². The number of likely N-dealkylation sites (tertiary alicyclic amines) is 1. The van der Waals surface area contributed by atoms with Gasteiger partial charge in [-0.2, -0.15) is 0 Å². The van der Waals surface area contributed by atoms with Crippen molar-refractivity contribution in [3.63, 3.8) is 0 Å². The zero-order valence-electron chi connectivity index (χ0n) is 20.9. The number of rotatable bonds is 15. The van der Waals surface area contributed by atoms with Gasteiger partial charge in [0.2, 0.25) is 23.6 Å². The predicted octanol–water partition coefficient (Wildman–Crippen LogP) is -2.28. The number of primary amides is 1. The Hall–Kier alpha value is -3.42. The van der Waals surface area contributed by atoms with E-state index < -0.39 is 47.9 Å². The number of carboxylic acids is 1. The molecule has 1 aliphatic rings. The van der Waals surface area contributed by atoms with Crippen LogP contribution in [-0.4, -0.2) is 82.8 Å². The summed E-state index contributed by atoms with van der Waals surface area (Å²) in [6.45, 7) is 4.45. The van der Waals surface area contributed by atoms with Crippen LogP contribution < -0.4 is 33.6 Å². The highest BCUT2D eigenvalue weighted by molar-refractivity contribution is 5.94. The average molecular weight is 513 g/mol. The molecule has 1 aliphatic heterocycles. The van der Waals surface area contributed by atoms with Crippen LogP contribution in [0.3, 0.4) is 0 Å². The number of amides is 4. The first-order valence-corrected chi connectivity index (χ1v) is 12.1. The maximum absolute atomic E-state index is 13.1. The fourth-order valence-electron chi connectivity index (χ4n) is 3.98. The van der Waals surface area contributed by atoms with Gasteiger partial charge in [0.15, 0.2) is 5.96 Å². The van der Waals surface area contributed by atoms with Crippen molar-refractivity contribution in [2.24, 2.45) is 33.8 Å². The summed E-state index contributed by atoms with van der Waals surface area (Å²) in [4.78, 5) is 66.8. The maximum atomic E-state index is 13.1. The number of carbonyl (C=O) groups is 5. The van der Waals surface area contributed by atoms with Gasteiger partial charge in [-0.3, -0.25) is 24.2 Å². The van der Waals surface area contributed by atoms with Crippen molar-refractivity contribution < 1.29 is 29.1 Å². The molecule has 1 heterocycles. The minimum absolute atomic E-state index is 0.101. The zero-order chi connectivity index (χ0) is 27.4. The SMILES string of the molecule is CC(C)CC(N)C(=O)N1CCCC1C(=O)NC(CCCN=C(N)N)C(=O)NC(CCC(N)=O)C(=O)O. The van der Waals surface area contributed by atoms with Crippen molar-refractivity contribution in [2.45, 2.75) is 83.0 Å². The smallest absolute Gasteiger partial charge is 0.326 e. The highest BCUT2D eigenvalue weighted by Gasteiger charge is 2.38. The third kappa shape index (κ3) is 10.5. The van der Waals surface area contributed by atoms with Crippen LogP contribution in [0.5, 0.6) is 0 Å². The quantitative estimate of drug-likeness (QED) is 0.0708. The van der Waals surface area contributed by atoms with Crippen molar-refractivity contribution in [2.75, 3.05) is 13.1 Å². The van der Waals surface area contributed by atoms with Crippen LogP contribution >= 0.6 is 0 Å². The molecule has 0 bridgehead atoms. The van der Waals surface area contributed by atoms with E-state index in [1.54, 1.807) is 0 Å². The third-order valence-corrected chi connectivity index (χ3v) is 5.75. The van der Waals surface area contributed by atoms with Crippen LogP contribution in [0, 0.1) is 5.92 Å². The molecule has 0 aliphatic carbocycles. The minimum atomic E-state index is -1.37. The van der Waals surface area contributed by atoms with E-state index in [0.717, 1.165) is 0 Å². The molecule has 1 saturated heterocycles. The summed E-state index contributed by atoms with van der Waals surface area (Å²) in [5.41, 5.74) is 21.8. The van der Waals surface area contributed by atoms with E-state index in [1.165, 1.54) is 4.90 Å². The highest BCUT2D eigenvalue weighted by atomic mass is 16.4. The van der Waals surface area contributed by atoms with Crippen LogP contribution in [0.2, 0.25) is 0 Å². The van der Waals surface area contributed by atoms with Gasteiger partial charge in [-0.15, -0.1) is 0 Å². The molecular weight excluding hydrogens is 472 g/mol. The molecule has 11 N–H and O–H groups in total. The molecule has 204 valence electrons. The second kappa shape index (κ2) is 14.9. The van der Waals surface area contributed by atoms with Crippen molar-refractivity contribution in [1.29, 1.82) is 0 Å². The van der Waals surface area contributed by atoms with E-state index in [9.17, 15) is 29.1 Å². The summed E-state index contributed by atoms with van der Waals surface area (Å²) >= 11 is 0. The van der Waals surface area contributed by atoms with Gasteiger partial charge in [0.05, 0.1) is 6.04 Å². The molecule has 0 spiro atoms. The average Bonchev–Trinajstić information content (AvgIpc) is 3.26. The topological polar surface area (TPSA) is 249 Å². The summed E-state index contributed by atoms with van der Waals surface area (Å²) in [6.07, 6.45) is 1.45. The van der Waals surface area contributed by atoms with Crippen molar-refractivity contribution >= 4 is 35.6 Å². The molecule has 0 aromatic carbocycles. The third-order valence-electron chi connectivity index (χ3n) is 5.75. The normalized spacial score (nSPS) is 17.7. The molecule has 14 nitrogen and oxygen atoms in total. The Balaban J connectivity index is 2.96. The Morgan fingerprint density at radius 3 is 2.28 bits per heavy atom. The zero-order valence-corrected chi connectivity index (χ0v) is 20.9. The summed E-state index contributed by atoms with van der Waals surface area (Å²) < 4.78 is 0. The summed E-state index contributed by atoms with van der Waals surface area (Å²) in [7, 11) is 0. The standard InChI is InChI=1S/C22H40N8O6/c1-12(2)11-13(23)20(34)30-10-4-6-16(30)19(33)28-14(5-3-9-27-22(25)26)18(32)29-15(21(35)36)7-8-17(24)31/h12-16H,3-11,23H2,1-2H3,(H2,24,31)(H,28,33)(H,29,32)(H,35,36)(H4,25,26,27). The fourth-order valence-corrected chi connectivity index (χ4v) is 3.98. The molecule has 0 radical (unpaired) electrons. The van der Waals surface area contributed by atoms with Crippen LogP contribution in [0.1, 0.15) is 58.8 Å². The number of guanidine groups is 1. The van der Waals surface area contributed by atoms with E-state index >= 15 is 0 Å². The summed E-state index contributed by atoms with van der Waals surface area (Å²) in [5.74, 6) is -3.60. The van der Waals surface area contributed by atoms with E-state index in [-0.39, 0.29) is 43.6 Å². The maximum Gasteiger partial charge on any atom is 0.326 e. The first-order valence-electron chi connectivity index (χ1n) is 12.1. The molecule has 0 aromatic rings. The number of carbonyl (C=O) groups excluding carboxylic acids is 4. The summed E-state index contributed by atoms with van der Waals surface area (Å²) in [6, 6.07) is -4.03. The lowest BCUT2D eigenvalue weighted by molar-refractivity contribution is -0.143. The molecule has 1 fully saturated rings. The molecular formula is C22H40N8O6. The molecule has 36 heavy (non-hydrogen) atoms. The van der Waals surface area contributed by atoms with Gasteiger partial charge in [0, 0.05) is 19.5 Å². The number of nitrogens with two attached hydrogens (primary N) is 4. The van der Waals surface area contributed by atoms with Crippen LogP contribution in [0.25, 0.3) is 0 Å². The lowest BCUT2D eigenvalue weighted by Crippen LogP contribution is -2.56. The van der Waals surface area contributed by atoms with Gasteiger partial charge in [-0.25, -0.2) is 4.79 Å². The van der Waals surface area contributed by atoms with E-state index in [4.69, 9.17) is 22.9 Å². The first kappa shape index (κ1) is 30.6. The van der Waals surface area contributed by atoms with Crippen LogP contribution in [0.15, 0.2) is 4.99 Å². The molecule has 4 unspecified atom stereocenters. The molecule has 14 heteroatoms. The Morgan fingerprint density at radius 2 is 1.72 bits per heavy atom. The van der Waals surface area contributed by atoms with Gasteiger partial charge < -0.3 is 43.6 Å². The van der Waals surface area contributed by atoms with Gasteiger partial charge in [0.25, 0.3) is 0 Å². The minimum Gasteiger partial charge on any atom is -0.480 e. The van der Waals surface area contributed by atoms with Crippen LogP contribution in [-0.2, 0) is 24.0 Å². The Bertz CT molecular complexity index is 829. The molecule has 0 saturated carbocycles. The second-order valence-corrected chi connectivity index (χ2v) is 9.34. The first-order chi connectivity index (χ1) is 16.8. The lowest BCUT2D eigenvalue weighted by Gasteiger charge is -2.29. The molecule has 0 aromatic heterocycles.